The number of rotatable bonds is 7. The highest BCUT2D eigenvalue weighted by atomic mass is 35.5. The Morgan fingerprint density at radius 1 is 0.915 bits per heavy atom. The molecular formula is C35H32Cl3N9. The lowest BCUT2D eigenvalue weighted by Gasteiger charge is -2.40. The molecule has 0 bridgehead atoms. The van der Waals surface area contributed by atoms with Gasteiger partial charge in [0, 0.05) is 45.9 Å². The van der Waals surface area contributed by atoms with Crippen LogP contribution in [0.2, 0.25) is 15.1 Å². The molecule has 1 saturated heterocycles. The maximum Gasteiger partial charge on any atom is 0.109 e. The molecule has 0 amide bonds. The highest BCUT2D eigenvalue weighted by Gasteiger charge is 2.29. The van der Waals surface area contributed by atoms with Gasteiger partial charge in [0.1, 0.15) is 17.8 Å². The number of hydrogen-bond donors (Lipinski definition) is 2. The molecule has 0 aliphatic carbocycles. The van der Waals surface area contributed by atoms with Crippen LogP contribution in [0.25, 0.3) is 10.9 Å². The Bertz CT molecular complexity index is 2010. The fourth-order valence-electron chi connectivity index (χ4n) is 5.97. The van der Waals surface area contributed by atoms with Gasteiger partial charge in [0.25, 0.3) is 0 Å². The fraction of sp³-hybridized carbons (Fsp3) is 0.286. The normalized spacial score (nSPS) is 14.8. The summed E-state index contributed by atoms with van der Waals surface area (Å²) in [5.74, 6) is 0. The second kappa shape index (κ2) is 13.4. The van der Waals surface area contributed by atoms with Gasteiger partial charge in [0.05, 0.1) is 51.3 Å². The third-order valence-corrected chi connectivity index (χ3v) is 9.31. The van der Waals surface area contributed by atoms with Gasteiger partial charge in [0.2, 0.25) is 0 Å². The van der Waals surface area contributed by atoms with E-state index in [9.17, 15) is 10.5 Å². The summed E-state index contributed by atoms with van der Waals surface area (Å²) in [7, 11) is 0. The van der Waals surface area contributed by atoms with Crippen molar-refractivity contribution in [1.29, 1.82) is 10.5 Å². The van der Waals surface area contributed by atoms with E-state index in [1.54, 1.807) is 30.3 Å². The predicted molar refractivity (Wildman–Crippen MR) is 187 cm³/mol. The molecule has 1 fully saturated rings. The molecule has 3 heterocycles. The minimum atomic E-state index is -0.413. The van der Waals surface area contributed by atoms with Crippen molar-refractivity contribution in [3.05, 3.63) is 104 Å². The zero-order valence-corrected chi connectivity index (χ0v) is 28.4. The van der Waals surface area contributed by atoms with Gasteiger partial charge in [-0.05, 0) is 81.6 Å². The number of nitriles is 2. The Morgan fingerprint density at radius 3 is 2.30 bits per heavy atom. The van der Waals surface area contributed by atoms with Gasteiger partial charge in [-0.25, -0.2) is 4.68 Å². The molecule has 0 spiro atoms. The van der Waals surface area contributed by atoms with Crippen molar-refractivity contribution in [2.75, 3.05) is 23.7 Å². The van der Waals surface area contributed by atoms with Crippen molar-refractivity contribution in [3.63, 3.8) is 0 Å². The number of halogens is 3. The Balaban J connectivity index is 1.38. The summed E-state index contributed by atoms with van der Waals surface area (Å²) in [5.41, 5.74) is 4.83. The molecule has 3 aromatic carbocycles. The van der Waals surface area contributed by atoms with Gasteiger partial charge < -0.3 is 10.6 Å². The third kappa shape index (κ3) is 7.00. The average molecular weight is 685 g/mol. The molecule has 2 N–H and O–H groups in total. The monoisotopic (exact) mass is 683 g/mol. The number of nitrogens with zero attached hydrogens (tertiary/aromatic N) is 7. The van der Waals surface area contributed by atoms with Gasteiger partial charge in [-0.15, -0.1) is 5.10 Å². The molecule has 1 aliphatic heterocycles. The van der Waals surface area contributed by atoms with Crippen molar-refractivity contribution >= 4 is 62.8 Å². The summed E-state index contributed by atoms with van der Waals surface area (Å²) in [6.07, 6.45) is 5.51. The standard InChI is InChI=1S/C35H32Cl3N9/c1-35(2,3)46-12-10-27(11-13-46)47-20-31(44-45-47)33(21-4-7-24(36)8-5-21)43-30-15-25(37)14-28-32(23(18-40)19-41-34(28)30)42-26-9-6-22(17-39)29(38)16-26/h4-9,14-16,19-20,27,33,43H,10-13H2,1-3H3,(H,41,42)/t33-/m0/s1. The predicted octanol–water partition coefficient (Wildman–Crippen LogP) is 8.91. The smallest absolute Gasteiger partial charge is 0.109 e. The number of fused-ring (bicyclic) bond motifs is 1. The highest BCUT2D eigenvalue weighted by Crippen LogP contribution is 2.38. The van der Waals surface area contributed by atoms with Crippen LogP contribution in [0.3, 0.4) is 0 Å². The molecule has 1 atom stereocenters. The van der Waals surface area contributed by atoms with Crippen LogP contribution in [-0.4, -0.2) is 43.5 Å². The topological polar surface area (TPSA) is 118 Å². The Morgan fingerprint density at radius 2 is 1.64 bits per heavy atom. The van der Waals surface area contributed by atoms with Crippen LogP contribution >= 0.6 is 34.8 Å². The number of nitrogens with one attached hydrogen (secondary N) is 2. The second-order valence-electron chi connectivity index (χ2n) is 12.6. The van der Waals surface area contributed by atoms with E-state index in [-0.39, 0.29) is 11.6 Å². The molecule has 0 radical (unpaired) electrons. The first-order chi connectivity index (χ1) is 22.5. The molecule has 238 valence electrons. The molecule has 2 aromatic heterocycles. The minimum Gasteiger partial charge on any atom is -0.371 e. The highest BCUT2D eigenvalue weighted by molar-refractivity contribution is 6.32. The number of anilines is 3. The fourth-order valence-corrected chi connectivity index (χ4v) is 6.53. The van der Waals surface area contributed by atoms with E-state index in [1.165, 1.54) is 6.20 Å². The lowest BCUT2D eigenvalue weighted by molar-refractivity contribution is 0.0866. The van der Waals surface area contributed by atoms with E-state index in [0.717, 1.165) is 37.2 Å². The quantitative estimate of drug-likeness (QED) is 0.175. The molecule has 6 rings (SSSR count). The first-order valence-corrected chi connectivity index (χ1v) is 16.3. The molecule has 0 saturated carbocycles. The first-order valence-electron chi connectivity index (χ1n) is 15.2. The van der Waals surface area contributed by atoms with Crippen molar-refractivity contribution < 1.29 is 0 Å². The summed E-state index contributed by atoms with van der Waals surface area (Å²) in [6.45, 7) is 8.75. The Kier molecular flexibility index (Phi) is 9.27. The zero-order valence-electron chi connectivity index (χ0n) is 26.1. The van der Waals surface area contributed by atoms with Crippen LogP contribution in [0.1, 0.15) is 68.1 Å². The van der Waals surface area contributed by atoms with E-state index in [0.29, 0.717) is 54.2 Å². The maximum atomic E-state index is 9.98. The van der Waals surface area contributed by atoms with E-state index in [2.05, 4.69) is 63.7 Å². The van der Waals surface area contributed by atoms with Gasteiger partial charge in [0.15, 0.2) is 0 Å². The minimum absolute atomic E-state index is 0.133. The van der Waals surface area contributed by atoms with Crippen molar-refractivity contribution in [3.8, 4) is 12.1 Å². The summed E-state index contributed by atoms with van der Waals surface area (Å²) >= 11 is 19.3. The van der Waals surface area contributed by atoms with Crippen LogP contribution in [0.15, 0.2) is 67.0 Å². The number of piperidine rings is 1. The lowest BCUT2D eigenvalue weighted by Crippen LogP contribution is -2.46. The summed E-state index contributed by atoms with van der Waals surface area (Å²) < 4.78 is 1.98. The van der Waals surface area contributed by atoms with Gasteiger partial charge in [-0.1, -0.05) is 52.1 Å². The number of likely N-dealkylation sites (tertiary alicyclic amines) is 1. The van der Waals surface area contributed by atoms with E-state index in [4.69, 9.17) is 34.8 Å². The summed E-state index contributed by atoms with van der Waals surface area (Å²) in [6, 6.07) is 20.3. The Labute approximate surface area is 288 Å². The van der Waals surface area contributed by atoms with Gasteiger partial charge in [-0.3, -0.25) is 9.88 Å². The molecule has 0 unspecified atom stereocenters. The van der Waals surface area contributed by atoms with E-state index >= 15 is 0 Å². The SMILES string of the molecule is CC(C)(C)N1CCC(n2cc([C@@H](Nc3cc(Cl)cc4c(Nc5ccc(C#N)c(Cl)c5)c(C#N)cnc34)c3ccc(Cl)cc3)nn2)CC1. The largest absolute Gasteiger partial charge is 0.371 e. The Hall–Kier alpha value is -4.38. The average Bonchev–Trinajstić information content (AvgIpc) is 3.54. The van der Waals surface area contributed by atoms with Gasteiger partial charge in [-0.2, -0.15) is 10.5 Å². The molecule has 9 nitrogen and oxygen atoms in total. The van der Waals surface area contributed by atoms with Gasteiger partial charge >= 0.3 is 0 Å². The number of aromatic nitrogens is 4. The van der Waals surface area contributed by atoms with E-state index in [1.807, 2.05) is 35.1 Å². The number of pyridine rings is 1. The third-order valence-electron chi connectivity index (χ3n) is 8.53. The van der Waals surface area contributed by atoms with Crippen LogP contribution in [-0.2, 0) is 0 Å². The molecular weight excluding hydrogens is 653 g/mol. The first kappa shape index (κ1) is 32.6. The van der Waals surface area contributed by atoms with Crippen molar-refractivity contribution in [2.45, 2.75) is 51.2 Å². The molecule has 5 aromatic rings. The van der Waals surface area contributed by atoms with Crippen LogP contribution in [0, 0.1) is 22.7 Å². The molecule has 1 aliphatic rings. The molecule has 47 heavy (non-hydrogen) atoms. The summed E-state index contributed by atoms with van der Waals surface area (Å²) in [4.78, 5) is 7.19. The van der Waals surface area contributed by atoms with Crippen molar-refractivity contribution in [1.82, 2.24) is 24.9 Å². The zero-order chi connectivity index (χ0) is 33.3. The lowest BCUT2D eigenvalue weighted by atomic mass is 9.98. The van der Waals surface area contributed by atoms with Crippen LogP contribution < -0.4 is 10.6 Å². The maximum absolute atomic E-state index is 9.98. The number of benzene rings is 3. The van der Waals surface area contributed by atoms with Crippen molar-refractivity contribution in [2.24, 2.45) is 0 Å². The second-order valence-corrected chi connectivity index (χ2v) is 13.9. The number of hydrogen-bond acceptors (Lipinski definition) is 8. The molecule has 12 heteroatoms. The van der Waals surface area contributed by atoms with Crippen LogP contribution in [0.4, 0.5) is 17.1 Å². The van der Waals surface area contributed by atoms with E-state index < -0.39 is 6.04 Å². The van der Waals surface area contributed by atoms with Crippen LogP contribution in [0.5, 0.6) is 0 Å². The summed E-state index contributed by atoms with van der Waals surface area (Å²) in [5, 5.41) is 37.4.